The number of nitrogens with zero attached hydrogens (tertiary/aromatic N) is 4. The normalized spacial score (nSPS) is 26.2. The molecule has 9 nitrogen and oxygen atoms in total. The van der Waals surface area contributed by atoms with Gasteiger partial charge in [-0.05, 0) is 0 Å². The minimum Gasteiger partial charge on any atom is -0.394 e. The summed E-state index contributed by atoms with van der Waals surface area (Å²) in [6.07, 6.45) is 0.968. The van der Waals surface area contributed by atoms with E-state index in [2.05, 4.69) is 9.97 Å². The Morgan fingerprint density at radius 1 is 1.55 bits per heavy atom. The van der Waals surface area contributed by atoms with Crippen LogP contribution >= 0.6 is 0 Å². The lowest BCUT2D eigenvalue weighted by Gasteiger charge is -2.13. The van der Waals surface area contributed by atoms with E-state index in [9.17, 15) is 15.2 Å². The van der Waals surface area contributed by atoms with Gasteiger partial charge in [0.15, 0.2) is 11.2 Å². The molecule has 1 saturated heterocycles. The van der Waals surface area contributed by atoms with E-state index < -0.39 is 23.4 Å². The lowest BCUT2D eigenvalue weighted by Crippen LogP contribution is -2.24. The van der Waals surface area contributed by atoms with E-state index in [-0.39, 0.29) is 24.2 Å². The van der Waals surface area contributed by atoms with E-state index in [1.54, 1.807) is 0 Å². The molecule has 9 heteroatoms. The first-order valence-electron chi connectivity index (χ1n) is 6.02. The fourth-order valence-corrected chi connectivity index (χ4v) is 2.33. The molecule has 3 rings (SSSR count). The molecule has 0 unspecified atom stereocenters. The van der Waals surface area contributed by atoms with Crippen LogP contribution in [-0.2, 0) is 4.74 Å². The standard InChI is InChI=1S/C11H12N4O5/c16-4-8-7(17)3-9(20-8)14-5-13-10-6(15(18)19)1-2-12-11(10)14/h1-2,5,7-9,16-17H,3-4H2/t7-,8+,9+/m0/s1. The summed E-state index contributed by atoms with van der Waals surface area (Å²) in [6.45, 7) is -0.294. The molecule has 2 aromatic rings. The highest BCUT2D eigenvalue weighted by Crippen LogP contribution is 2.32. The number of aromatic nitrogens is 3. The van der Waals surface area contributed by atoms with Crippen LogP contribution in [0.5, 0.6) is 0 Å². The molecule has 1 aliphatic heterocycles. The highest BCUT2D eigenvalue weighted by molar-refractivity contribution is 5.81. The summed E-state index contributed by atoms with van der Waals surface area (Å²) in [7, 11) is 0. The largest absolute Gasteiger partial charge is 0.394 e. The molecule has 0 saturated carbocycles. The van der Waals surface area contributed by atoms with Crippen molar-refractivity contribution in [3.05, 3.63) is 28.7 Å². The topological polar surface area (TPSA) is 124 Å². The van der Waals surface area contributed by atoms with Gasteiger partial charge in [0.2, 0.25) is 0 Å². The van der Waals surface area contributed by atoms with Crippen LogP contribution in [0, 0.1) is 10.1 Å². The van der Waals surface area contributed by atoms with Gasteiger partial charge in [-0.1, -0.05) is 0 Å². The molecular weight excluding hydrogens is 268 g/mol. The molecular formula is C11H12N4O5. The Balaban J connectivity index is 2.02. The zero-order valence-electron chi connectivity index (χ0n) is 10.3. The molecule has 0 aliphatic carbocycles. The van der Waals surface area contributed by atoms with Crippen molar-refractivity contribution in [3.63, 3.8) is 0 Å². The Labute approximate surface area is 112 Å². The van der Waals surface area contributed by atoms with Crippen molar-refractivity contribution in [1.82, 2.24) is 14.5 Å². The van der Waals surface area contributed by atoms with Gasteiger partial charge in [-0.3, -0.25) is 14.7 Å². The Morgan fingerprint density at radius 2 is 2.35 bits per heavy atom. The molecule has 0 amide bonds. The van der Waals surface area contributed by atoms with Gasteiger partial charge >= 0.3 is 0 Å². The Kier molecular flexibility index (Phi) is 3.08. The highest BCUT2D eigenvalue weighted by Gasteiger charge is 2.35. The maximum Gasteiger partial charge on any atom is 0.300 e. The molecule has 0 spiro atoms. The molecule has 2 aromatic heterocycles. The van der Waals surface area contributed by atoms with Crippen LogP contribution in [0.4, 0.5) is 5.69 Å². The second-order valence-corrected chi connectivity index (χ2v) is 4.53. The Bertz CT molecular complexity index is 657. The third-order valence-corrected chi connectivity index (χ3v) is 3.33. The van der Waals surface area contributed by atoms with Crippen LogP contribution in [0.15, 0.2) is 18.6 Å². The van der Waals surface area contributed by atoms with E-state index in [1.807, 2.05) is 0 Å². The maximum absolute atomic E-state index is 10.9. The van der Waals surface area contributed by atoms with Crippen molar-refractivity contribution in [2.75, 3.05) is 6.61 Å². The van der Waals surface area contributed by atoms with Crippen molar-refractivity contribution < 1.29 is 19.9 Å². The number of nitro groups is 1. The van der Waals surface area contributed by atoms with Crippen LogP contribution in [0.1, 0.15) is 12.6 Å². The molecule has 20 heavy (non-hydrogen) atoms. The van der Waals surface area contributed by atoms with E-state index in [0.717, 1.165) is 0 Å². The molecule has 0 bridgehead atoms. The zero-order valence-corrected chi connectivity index (χ0v) is 10.3. The summed E-state index contributed by atoms with van der Waals surface area (Å²) in [5.74, 6) is 0. The van der Waals surface area contributed by atoms with Gasteiger partial charge in [0.1, 0.15) is 12.3 Å². The number of fused-ring (bicyclic) bond motifs is 1. The average molecular weight is 280 g/mol. The van der Waals surface area contributed by atoms with Crippen LogP contribution < -0.4 is 0 Å². The summed E-state index contributed by atoms with van der Waals surface area (Å²) in [4.78, 5) is 18.5. The number of rotatable bonds is 3. The lowest BCUT2D eigenvalue weighted by atomic mass is 10.2. The zero-order chi connectivity index (χ0) is 14.3. The SMILES string of the molecule is O=[N+]([O-])c1ccnc2c1ncn2[C@H]1C[C@H](O)[C@@H](CO)O1. The van der Waals surface area contributed by atoms with Crippen molar-refractivity contribution in [1.29, 1.82) is 0 Å². The van der Waals surface area contributed by atoms with Gasteiger partial charge in [-0.2, -0.15) is 0 Å². The van der Waals surface area contributed by atoms with E-state index in [0.29, 0.717) is 5.65 Å². The molecule has 0 radical (unpaired) electrons. The molecule has 3 heterocycles. The molecule has 1 aliphatic rings. The monoisotopic (exact) mass is 280 g/mol. The first kappa shape index (κ1) is 12.9. The Morgan fingerprint density at radius 3 is 3.00 bits per heavy atom. The number of imidazole rings is 1. The number of ether oxygens (including phenoxy) is 1. The second kappa shape index (κ2) is 4.78. The third-order valence-electron chi connectivity index (χ3n) is 3.33. The van der Waals surface area contributed by atoms with Gasteiger partial charge in [0.05, 0.1) is 24.0 Å². The predicted octanol–water partition coefficient (Wildman–Crippen LogP) is -0.0198. The smallest absolute Gasteiger partial charge is 0.300 e. The number of aliphatic hydroxyl groups excluding tert-OH is 2. The summed E-state index contributed by atoms with van der Waals surface area (Å²) < 4.78 is 7.02. The van der Waals surface area contributed by atoms with E-state index >= 15 is 0 Å². The fourth-order valence-electron chi connectivity index (χ4n) is 2.33. The minimum atomic E-state index is -0.791. The minimum absolute atomic E-state index is 0.133. The van der Waals surface area contributed by atoms with Crippen molar-refractivity contribution in [2.45, 2.75) is 24.9 Å². The molecule has 0 aromatic carbocycles. The number of hydrogen-bond acceptors (Lipinski definition) is 7. The van der Waals surface area contributed by atoms with Crippen LogP contribution in [0.3, 0.4) is 0 Å². The fraction of sp³-hybridized carbons (Fsp3) is 0.455. The molecule has 3 atom stereocenters. The van der Waals surface area contributed by atoms with Crippen molar-refractivity contribution in [2.24, 2.45) is 0 Å². The molecule has 1 fully saturated rings. The Hall–Kier alpha value is -2.10. The average Bonchev–Trinajstić information content (AvgIpc) is 3.01. The van der Waals surface area contributed by atoms with Crippen molar-refractivity contribution in [3.8, 4) is 0 Å². The number of aliphatic hydroxyl groups is 2. The summed E-state index contributed by atoms with van der Waals surface area (Å²) >= 11 is 0. The van der Waals surface area contributed by atoms with Crippen molar-refractivity contribution >= 4 is 16.9 Å². The quantitative estimate of drug-likeness (QED) is 0.598. The highest BCUT2D eigenvalue weighted by atomic mass is 16.6. The van der Waals surface area contributed by atoms with E-state index in [1.165, 1.54) is 23.2 Å². The first-order valence-corrected chi connectivity index (χ1v) is 6.02. The molecule has 2 N–H and O–H groups in total. The van der Waals surface area contributed by atoms with Crippen LogP contribution in [0.25, 0.3) is 11.2 Å². The maximum atomic E-state index is 10.9. The first-order chi connectivity index (χ1) is 9.61. The number of hydrogen-bond donors (Lipinski definition) is 2. The van der Waals surface area contributed by atoms with Gasteiger partial charge in [0.25, 0.3) is 5.69 Å². The van der Waals surface area contributed by atoms with Gasteiger partial charge < -0.3 is 14.9 Å². The second-order valence-electron chi connectivity index (χ2n) is 4.53. The third kappa shape index (κ3) is 1.92. The summed E-state index contributed by atoms with van der Waals surface area (Å²) in [5.41, 5.74) is 0.351. The van der Waals surface area contributed by atoms with E-state index in [4.69, 9.17) is 9.84 Å². The summed E-state index contributed by atoms with van der Waals surface area (Å²) in [6, 6.07) is 1.28. The van der Waals surface area contributed by atoms with Crippen LogP contribution in [-0.4, -0.2) is 48.5 Å². The van der Waals surface area contributed by atoms with Crippen LogP contribution in [0.2, 0.25) is 0 Å². The predicted molar refractivity (Wildman–Crippen MR) is 65.8 cm³/mol. The van der Waals surface area contributed by atoms with Gasteiger partial charge in [-0.15, -0.1) is 0 Å². The number of pyridine rings is 1. The molecule has 106 valence electrons. The van der Waals surface area contributed by atoms with Gasteiger partial charge in [-0.25, -0.2) is 9.97 Å². The lowest BCUT2D eigenvalue weighted by molar-refractivity contribution is -0.383. The summed E-state index contributed by atoms with van der Waals surface area (Å²) in [5, 5.41) is 29.7. The van der Waals surface area contributed by atoms with Gasteiger partial charge in [0, 0.05) is 18.7 Å².